The van der Waals surface area contributed by atoms with Crippen LogP contribution in [-0.4, -0.2) is 17.9 Å². The second-order valence-electron chi connectivity index (χ2n) is 6.54. The van der Waals surface area contributed by atoms with Gasteiger partial charge in [-0.05, 0) is 58.7 Å². The number of halogens is 2. The van der Waals surface area contributed by atoms with Crippen LogP contribution in [0.3, 0.4) is 0 Å². The van der Waals surface area contributed by atoms with Gasteiger partial charge in [0.25, 0.3) is 11.8 Å². The number of rotatable bonds is 7. The number of ether oxygens (including phenoxy) is 1. The molecule has 0 fully saturated rings. The first-order valence-electron chi connectivity index (χ1n) is 9.28. The molecule has 0 aliphatic rings. The molecule has 0 saturated heterocycles. The number of anilines is 1. The molecule has 2 amide bonds. The van der Waals surface area contributed by atoms with Gasteiger partial charge in [0.15, 0.2) is 6.10 Å². The van der Waals surface area contributed by atoms with E-state index in [9.17, 15) is 9.59 Å². The lowest BCUT2D eigenvalue weighted by atomic mass is 10.1. The molecule has 5 nitrogen and oxygen atoms in total. The lowest BCUT2D eigenvalue weighted by Crippen LogP contribution is -2.31. The molecule has 0 bridgehead atoms. The summed E-state index contributed by atoms with van der Waals surface area (Å²) in [7, 11) is 0. The maximum absolute atomic E-state index is 12.6. The summed E-state index contributed by atoms with van der Waals surface area (Å²) in [6.07, 6.45) is -0.789. The minimum Gasteiger partial charge on any atom is -0.480 e. The van der Waals surface area contributed by atoms with Gasteiger partial charge in [-0.2, -0.15) is 0 Å². The average Bonchev–Trinajstić information content (AvgIpc) is 2.75. The van der Waals surface area contributed by atoms with Crippen molar-refractivity contribution >= 4 is 45.0 Å². The van der Waals surface area contributed by atoms with Crippen molar-refractivity contribution in [2.24, 2.45) is 0 Å². The highest BCUT2D eigenvalue weighted by Crippen LogP contribution is 2.29. The smallest absolute Gasteiger partial charge is 0.265 e. The molecule has 3 rings (SSSR count). The van der Waals surface area contributed by atoms with E-state index in [1.165, 1.54) is 0 Å². The predicted octanol–water partition coefficient (Wildman–Crippen LogP) is 5.44. The number of hydrogen-bond donors (Lipinski definition) is 2. The summed E-state index contributed by atoms with van der Waals surface area (Å²) in [5, 5.41) is 6.20. The van der Waals surface area contributed by atoms with Crippen molar-refractivity contribution in [1.82, 2.24) is 5.32 Å². The van der Waals surface area contributed by atoms with E-state index in [-0.39, 0.29) is 11.8 Å². The number of nitrogens with one attached hydrogen (secondary N) is 2. The quantitative estimate of drug-likeness (QED) is 0.466. The molecule has 30 heavy (non-hydrogen) atoms. The summed E-state index contributed by atoms with van der Waals surface area (Å²) in [6, 6.07) is 21.5. The molecular formula is C23H20BrClN2O3. The van der Waals surface area contributed by atoms with Crippen LogP contribution in [0.4, 0.5) is 5.69 Å². The van der Waals surface area contributed by atoms with Crippen molar-refractivity contribution in [3.05, 3.63) is 93.4 Å². The summed E-state index contributed by atoms with van der Waals surface area (Å²) in [6.45, 7) is 2.03. The van der Waals surface area contributed by atoms with Crippen molar-refractivity contribution in [3.8, 4) is 5.75 Å². The normalized spacial score (nSPS) is 11.4. The van der Waals surface area contributed by atoms with Crippen LogP contribution in [0.15, 0.2) is 77.3 Å². The SMILES string of the molecule is CC(Oc1ccc(Cl)cc1Br)C(=O)Nc1ccccc1C(=O)NCc1ccccc1. The largest absolute Gasteiger partial charge is 0.480 e. The fourth-order valence-electron chi connectivity index (χ4n) is 2.71. The van der Waals surface area contributed by atoms with Crippen LogP contribution >= 0.6 is 27.5 Å². The molecule has 1 unspecified atom stereocenters. The Hall–Kier alpha value is -2.83. The van der Waals surface area contributed by atoms with Gasteiger partial charge >= 0.3 is 0 Å². The van der Waals surface area contributed by atoms with Gasteiger partial charge in [-0.25, -0.2) is 0 Å². The van der Waals surface area contributed by atoms with Gasteiger partial charge in [-0.15, -0.1) is 0 Å². The summed E-state index contributed by atoms with van der Waals surface area (Å²) >= 11 is 9.30. The zero-order chi connectivity index (χ0) is 21.5. The van der Waals surface area contributed by atoms with Crippen molar-refractivity contribution in [1.29, 1.82) is 0 Å². The molecule has 7 heteroatoms. The molecule has 0 heterocycles. The zero-order valence-corrected chi connectivity index (χ0v) is 18.5. The second-order valence-corrected chi connectivity index (χ2v) is 7.83. The van der Waals surface area contributed by atoms with Gasteiger partial charge in [-0.1, -0.05) is 54.1 Å². The molecule has 154 valence electrons. The highest BCUT2D eigenvalue weighted by Gasteiger charge is 2.19. The summed E-state index contributed by atoms with van der Waals surface area (Å²) in [5.74, 6) is -0.153. The Labute approximate surface area is 188 Å². The Morgan fingerprint density at radius 1 is 1.03 bits per heavy atom. The van der Waals surface area contributed by atoms with E-state index in [4.69, 9.17) is 16.3 Å². The lowest BCUT2D eigenvalue weighted by Gasteiger charge is -2.17. The first kappa shape index (κ1) is 21.9. The van der Waals surface area contributed by atoms with Crippen molar-refractivity contribution in [2.75, 3.05) is 5.32 Å². The number of benzene rings is 3. The molecule has 0 saturated carbocycles. The Morgan fingerprint density at radius 3 is 2.47 bits per heavy atom. The molecule has 3 aromatic rings. The van der Waals surface area contributed by atoms with E-state index in [0.29, 0.717) is 33.0 Å². The van der Waals surface area contributed by atoms with Crippen LogP contribution in [0.1, 0.15) is 22.8 Å². The van der Waals surface area contributed by atoms with Gasteiger partial charge in [0.1, 0.15) is 5.75 Å². The third kappa shape index (κ3) is 5.84. The first-order valence-corrected chi connectivity index (χ1v) is 10.4. The fourth-order valence-corrected chi connectivity index (χ4v) is 3.49. The summed E-state index contributed by atoms with van der Waals surface area (Å²) in [5.41, 5.74) is 1.78. The molecule has 1 atom stereocenters. The third-order valence-electron chi connectivity index (χ3n) is 4.29. The van der Waals surface area contributed by atoms with Gasteiger partial charge in [0.05, 0.1) is 15.7 Å². The average molecular weight is 488 g/mol. The molecule has 0 spiro atoms. The molecular weight excluding hydrogens is 468 g/mol. The minimum atomic E-state index is -0.789. The summed E-state index contributed by atoms with van der Waals surface area (Å²) in [4.78, 5) is 25.3. The van der Waals surface area contributed by atoms with Crippen LogP contribution < -0.4 is 15.4 Å². The molecule has 2 N–H and O–H groups in total. The van der Waals surface area contributed by atoms with E-state index < -0.39 is 6.10 Å². The van der Waals surface area contributed by atoms with Crippen LogP contribution in [0.2, 0.25) is 5.02 Å². The van der Waals surface area contributed by atoms with Gasteiger partial charge in [0.2, 0.25) is 0 Å². The van der Waals surface area contributed by atoms with Gasteiger partial charge < -0.3 is 15.4 Å². The molecule has 0 aliphatic carbocycles. The van der Waals surface area contributed by atoms with E-state index in [2.05, 4.69) is 26.6 Å². The van der Waals surface area contributed by atoms with Crippen LogP contribution in [0.5, 0.6) is 5.75 Å². The predicted molar refractivity (Wildman–Crippen MR) is 122 cm³/mol. The van der Waals surface area contributed by atoms with E-state index in [0.717, 1.165) is 5.56 Å². The fraction of sp³-hybridized carbons (Fsp3) is 0.130. The highest BCUT2D eigenvalue weighted by atomic mass is 79.9. The maximum atomic E-state index is 12.6. The number of carbonyl (C=O) groups excluding carboxylic acids is 2. The first-order chi connectivity index (χ1) is 14.4. The zero-order valence-electron chi connectivity index (χ0n) is 16.2. The monoisotopic (exact) mass is 486 g/mol. The molecule has 3 aromatic carbocycles. The van der Waals surface area contributed by atoms with E-state index in [1.54, 1.807) is 49.4 Å². The number of carbonyl (C=O) groups is 2. The van der Waals surface area contributed by atoms with Crippen LogP contribution in [0, 0.1) is 0 Å². The lowest BCUT2D eigenvalue weighted by molar-refractivity contribution is -0.122. The Morgan fingerprint density at radius 2 is 1.73 bits per heavy atom. The molecule has 0 radical (unpaired) electrons. The van der Waals surface area contributed by atoms with Crippen LogP contribution in [-0.2, 0) is 11.3 Å². The number of amides is 2. The molecule has 0 aliphatic heterocycles. The minimum absolute atomic E-state index is 0.274. The number of hydrogen-bond acceptors (Lipinski definition) is 3. The number of para-hydroxylation sites is 1. The van der Waals surface area contributed by atoms with Crippen molar-refractivity contribution in [3.63, 3.8) is 0 Å². The topological polar surface area (TPSA) is 67.4 Å². The van der Waals surface area contributed by atoms with Gasteiger partial charge in [0, 0.05) is 11.6 Å². The summed E-state index contributed by atoms with van der Waals surface area (Å²) < 4.78 is 6.37. The maximum Gasteiger partial charge on any atom is 0.265 e. The Kier molecular flexibility index (Phi) is 7.49. The highest BCUT2D eigenvalue weighted by molar-refractivity contribution is 9.10. The van der Waals surface area contributed by atoms with E-state index in [1.807, 2.05) is 30.3 Å². The van der Waals surface area contributed by atoms with Crippen molar-refractivity contribution in [2.45, 2.75) is 19.6 Å². The van der Waals surface area contributed by atoms with Crippen LogP contribution in [0.25, 0.3) is 0 Å². The Balaban J connectivity index is 1.66. The van der Waals surface area contributed by atoms with Gasteiger partial charge in [-0.3, -0.25) is 9.59 Å². The Bertz CT molecular complexity index is 1040. The van der Waals surface area contributed by atoms with E-state index >= 15 is 0 Å². The van der Waals surface area contributed by atoms with Crippen molar-refractivity contribution < 1.29 is 14.3 Å². The standard InChI is InChI=1S/C23H20BrClN2O3/c1-15(30-21-12-11-17(25)13-19(21)24)22(28)27-20-10-6-5-9-18(20)23(29)26-14-16-7-3-2-4-8-16/h2-13,15H,14H2,1H3,(H,26,29)(H,27,28). The third-order valence-corrected chi connectivity index (χ3v) is 5.15. The second kappa shape index (κ2) is 10.3. The molecule has 0 aromatic heterocycles.